The zero-order chi connectivity index (χ0) is 18.0. The molecule has 0 aliphatic heterocycles. The number of hydrogen-bond acceptors (Lipinski definition) is 2. The summed E-state index contributed by atoms with van der Waals surface area (Å²) >= 11 is 0. The van der Waals surface area contributed by atoms with Crippen LogP contribution in [0.2, 0.25) is 0 Å². The zero-order valence-electron chi connectivity index (χ0n) is 12.1. The number of allylic oxidation sites excluding steroid dienone is 2. The minimum absolute atomic E-state index is 0.553. The van der Waals surface area contributed by atoms with Crippen molar-refractivity contribution in [3.8, 4) is 11.5 Å². The minimum atomic E-state index is -5.06. The molecule has 2 nitrogen and oxygen atoms in total. The lowest BCUT2D eigenvalue weighted by molar-refractivity contribution is -0.144. The maximum atomic E-state index is 13.3. The van der Waals surface area contributed by atoms with Gasteiger partial charge in [-0.1, -0.05) is 12.2 Å². The first-order valence-electron chi connectivity index (χ1n) is 6.31. The largest absolute Gasteiger partial charge is 0.507 e. The van der Waals surface area contributed by atoms with E-state index in [-0.39, 0.29) is 0 Å². The van der Waals surface area contributed by atoms with Crippen LogP contribution in [0, 0.1) is 0 Å². The van der Waals surface area contributed by atoms with Crippen molar-refractivity contribution in [3.05, 3.63) is 47.6 Å². The third-order valence-electron chi connectivity index (χ3n) is 3.10. The van der Waals surface area contributed by atoms with Crippen LogP contribution in [0.25, 0.3) is 0 Å². The Hall–Kier alpha value is -2.12. The second-order valence-electron chi connectivity index (χ2n) is 4.57. The molecule has 0 bridgehead atoms. The lowest BCUT2D eigenvalue weighted by atomic mass is 9.91. The summed E-state index contributed by atoms with van der Waals surface area (Å²) in [7, 11) is 0.839. The van der Waals surface area contributed by atoms with Gasteiger partial charge in [-0.05, 0) is 12.8 Å². The molecule has 0 aliphatic carbocycles. The molecule has 0 aromatic heterocycles. The Morgan fingerprint density at radius 1 is 0.913 bits per heavy atom. The Morgan fingerprint density at radius 3 is 1.70 bits per heavy atom. The highest BCUT2D eigenvalue weighted by Crippen LogP contribution is 2.51. The third-order valence-corrected chi connectivity index (χ3v) is 3.10. The topological polar surface area (TPSA) is 29.5 Å². The summed E-state index contributed by atoms with van der Waals surface area (Å²) in [5, 5.41) is 9.87. The van der Waals surface area contributed by atoms with Gasteiger partial charge in [0.15, 0.2) is 0 Å². The van der Waals surface area contributed by atoms with Gasteiger partial charge in [-0.2, -0.15) is 26.3 Å². The normalized spacial score (nSPS) is 12.1. The summed E-state index contributed by atoms with van der Waals surface area (Å²) in [6, 6.07) is 0. The number of halogens is 6. The molecular weight excluding hydrogens is 326 g/mol. The highest BCUT2D eigenvalue weighted by Gasteiger charge is 2.45. The van der Waals surface area contributed by atoms with Gasteiger partial charge in [0.1, 0.15) is 22.6 Å². The number of ether oxygens (including phenoxy) is 1. The standard InChI is InChI=1S/C15H14F6O2/c1-4-6-8-11(15(19,20)21)13(23-3)9(7-5-2)10(12(8)22)14(16,17)18/h4-5,22H,1-2,6-7H2,3H3. The van der Waals surface area contributed by atoms with Gasteiger partial charge in [0.25, 0.3) is 0 Å². The highest BCUT2D eigenvalue weighted by atomic mass is 19.4. The molecule has 0 saturated heterocycles. The molecule has 1 aromatic carbocycles. The Kier molecular flexibility index (Phi) is 5.39. The van der Waals surface area contributed by atoms with Crippen LogP contribution in [0.15, 0.2) is 25.3 Å². The first-order valence-corrected chi connectivity index (χ1v) is 6.31. The van der Waals surface area contributed by atoms with Crippen LogP contribution in [0.3, 0.4) is 0 Å². The average Bonchev–Trinajstić information content (AvgIpc) is 2.38. The number of alkyl halides is 6. The molecule has 1 aromatic rings. The fourth-order valence-corrected chi connectivity index (χ4v) is 2.33. The predicted molar refractivity (Wildman–Crippen MR) is 72.5 cm³/mol. The lowest BCUT2D eigenvalue weighted by Crippen LogP contribution is -2.18. The predicted octanol–water partition coefficient (Wildman–Crippen LogP) is 4.90. The van der Waals surface area contributed by atoms with E-state index in [0.29, 0.717) is 0 Å². The Bertz CT molecular complexity index is 614. The molecule has 0 heterocycles. The van der Waals surface area contributed by atoms with Crippen molar-refractivity contribution in [2.24, 2.45) is 0 Å². The summed E-state index contributed by atoms with van der Waals surface area (Å²) in [5.41, 5.74) is -4.74. The maximum absolute atomic E-state index is 13.3. The Labute approximate surface area is 128 Å². The van der Waals surface area contributed by atoms with Crippen LogP contribution in [-0.2, 0) is 25.2 Å². The van der Waals surface area contributed by atoms with Gasteiger partial charge in [0.05, 0.1) is 7.11 Å². The molecule has 0 unspecified atom stereocenters. The van der Waals surface area contributed by atoms with E-state index >= 15 is 0 Å². The van der Waals surface area contributed by atoms with E-state index in [0.717, 1.165) is 19.3 Å². The van der Waals surface area contributed by atoms with E-state index in [1.807, 2.05) is 0 Å². The maximum Gasteiger partial charge on any atom is 0.420 e. The van der Waals surface area contributed by atoms with Gasteiger partial charge in [0.2, 0.25) is 0 Å². The SMILES string of the molecule is C=CCc1c(OC)c(C(F)(F)F)c(CC=C)c(O)c1C(F)(F)F. The Balaban J connectivity index is 4.06. The molecule has 0 aliphatic rings. The van der Waals surface area contributed by atoms with Crippen molar-refractivity contribution < 1.29 is 36.2 Å². The summed E-state index contributed by atoms with van der Waals surface area (Å²) in [4.78, 5) is 0. The fraction of sp³-hybridized carbons (Fsp3) is 0.333. The van der Waals surface area contributed by atoms with Crippen LogP contribution in [0.4, 0.5) is 26.3 Å². The zero-order valence-corrected chi connectivity index (χ0v) is 12.1. The number of phenols is 1. The first kappa shape index (κ1) is 18.9. The number of methoxy groups -OCH3 is 1. The average molecular weight is 340 g/mol. The molecular formula is C15H14F6O2. The molecule has 1 rings (SSSR count). The molecule has 8 heteroatoms. The molecule has 0 spiro atoms. The summed E-state index contributed by atoms with van der Waals surface area (Å²) in [6.45, 7) is 6.44. The van der Waals surface area contributed by atoms with Gasteiger partial charge in [-0.25, -0.2) is 0 Å². The molecule has 0 atom stereocenters. The Morgan fingerprint density at radius 2 is 1.35 bits per heavy atom. The van der Waals surface area contributed by atoms with Crippen LogP contribution in [-0.4, -0.2) is 12.2 Å². The van der Waals surface area contributed by atoms with Crippen LogP contribution >= 0.6 is 0 Å². The molecule has 1 N–H and O–H groups in total. The summed E-state index contributed by atoms with van der Waals surface area (Å²) < 4.78 is 84.3. The quantitative estimate of drug-likeness (QED) is 0.610. The van der Waals surface area contributed by atoms with Crippen LogP contribution in [0.1, 0.15) is 22.3 Å². The van der Waals surface area contributed by atoms with E-state index in [1.165, 1.54) is 0 Å². The third kappa shape index (κ3) is 3.62. The van der Waals surface area contributed by atoms with E-state index in [4.69, 9.17) is 0 Å². The van der Waals surface area contributed by atoms with Crippen molar-refractivity contribution in [2.75, 3.05) is 7.11 Å². The van der Waals surface area contributed by atoms with Crippen molar-refractivity contribution in [2.45, 2.75) is 25.2 Å². The minimum Gasteiger partial charge on any atom is -0.507 e. The first-order chi connectivity index (χ1) is 10.5. The molecule has 0 amide bonds. The van der Waals surface area contributed by atoms with E-state index in [9.17, 15) is 31.4 Å². The van der Waals surface area contributed by atoms with Gasteiger partial charge < -0.3 is 9.84 Å². The van der Waals surface area contributed by atoms with Crippen molar-refractivity contribution in [1.82, 2.24) is 0 Å². The molecule has 128 valence electrons. The number of phenolic OH excluding ortho intramolecular Hbond substituents is 1. The summed E-state index contributed by atoms with van der Waals surface area (Å²) in [5.74, 6) is -2.44. The van der Waals surface area contributed by atoms with Crippen molar-refractivity contribution in [1.29, 1.82) is 0 Å². The number of benzene rings is 1. The summed E-state index contributed by atoms with van der Waals surface area (Å²) in [6.07, 6.45) is -9.26. The van der Waals surface area contributed by atoms with Crippen molar-refractivity contribution >= 4 is 0 Å². The number of aromatic hydroxyl groups is 1. The van der Waals surface area contributed by atoms with Crippen molar-refractivity contribution in [3.63, 3.8) is 0 Å². The smallest absolute Gasteiger partial charge is 0.420 e. The van der Waals surface area contributed by atoms with Crippen LogP contribution < -0.4 is 4.74 Å². The molecule has 0 saturated carbocycles. The number of rotatable bonds is 5. The lowest BCUT2D eigenvalue weighted by Gasteiger charge is -2.24. The molecule has 0 fully saturated rings. The van der Waals surface area contributed by atoms with Gasteiger partial charge in [0, 0.05) is 11.1 Å². The monoisotopic (exact) mass is 340 g/mol. The van der Waals surface area contributed by atoms with E-state index < -0.39 is 58.9 Å². The van der Waals surface area contributed by atoms with Gasteiger partial charge in [-0.3, -0.25) is 0 Å². The van der Waals surface area contributed by atoms with E-state index in [2.05, 4.69) is 17.9 Å². The fourth-order valence-electron chi connectivity index (χ4n) is 2.33. The highest BCUT2D eigenvalue weighted by molar-refractivity contribution is 5.61. The van der Waals surface area contributed by atoms with Crippen LogP contribution in [0.5, 0.6) is 11.5 Å². The molecule has 23 heavy (non-hydrogen) atoms. The second-order valence-corrected chi connectivity index (χ2v) is 4.57. The second kappa shape index (κ2) is 6.55. The van der Waals surface area contributed by atoms with E-state index in [1.54, 1.807) is 0 Å². The molecule has 0 radical (unpaired) electrons. The van der Waals surface area contributed by atoms with Gasteiger partial charge >= 0.3 is 12.4 Å². The van der Waals surface area contributed by atoms with Gasteiger partial charge in [-0.15, -0.1) is 13.2 Å². The number of hydrogen-bond donors (Lipinski definition) is 1.